The molecule has 2 aromatic rings. The highest BCUT2D eigenvalue weighted by Crippen LogP contribution is 2.32. The van der Waals surface area contributed by atoms with E-state index in [4.69, 9.17) is 11.6 Å². The van der Waals surface area contributed by atoms with Crippen LogP contribution < -0.4 is 10.0 Å². The van der Waals surface area contributed by atoms with Crippen molar-refractivity contribution in [1.29, 1.82) is 0 Å². The molecule has 2 rings (SSSR count). The minimum absolute atomic E-state index is 0.0837. The van der Waals surface area contributed by atoms with Gasteiger partial charge in [0.15, 0.2) is 0 Å². The third kappa shape index (κ3) is 5.05. The van der Waals surface area contributed by atoms with E-state index in [1.807, 2.05) is 4.72 Å². The summed E-state index contributed by atoms with van der Waals surface area (Å²) in [5.74, 6) is -2.71. The molecule has 12 heteroatoms. The largest absolute Gasteiger partial charge is 0.426 e. The summed E-state index contributed by atoms with van der Waals surface area (Å²) in [5, 5.41) is 10.7. The number of halogens is 4. The van der Waals surface area contributed by atoms with Gasteiger partial charge >= 0.3 is 6.18 Å². The van der Waals surface area contributed by atoms with Crippen LogP contribution in [0, 0.1) is 0 Å². The number of nitrogens with one attached hydrogen (secondary N) is 2. The number of rotatable bonds is 5. The second-order valence-corrected chi connectivity index (χ2v) is 8.06. The molecule has 0 aliphatic carbocycles. The zero-order valence-electron chi connectivity index (χ0n) is 14.6. The Balaban J connectivity index is 2.22. The van der Waals surface area contributed by atoms with Gasteiger partial charge in [-0.15, -0.1) is 0 Å². The fourth-order valence-electron chi connectivity index (χ4n) is 1.97. The summed E-state index contributed by atoms with van der Waals surface area (Å²) in [6.45, 7) is 0.258. The zero-order chi connectivity index (χ0) is 22.0. The summed E-state index contributed by atoms with van der Waals surface area (Å²) >= 11 is 5.84. The molecule has 0 saturated heterocycles. The number of hydrogen-bond donors (Lipinski definition) is 3. The lowest BCUT2D eigenvalue weighted by molar-refractivity contribution is -0.242. The molecule has 7 nitrogen and oxygen atoms in total. The van der Waals surface area contributed by atoms with Crippen molar-refractivity contribution in [2.75, 3.05) is 5.32 Å². The zero-order valence-corrected chi connectivity index (χ0v) is 16.2. The van der Waals surface area contributed by atoms with Crippen molar-refractivity contribution in [3.05, 3.63) is 59.1 Å². The van der Waals surface area contributed by atoms with Crippen LogP contribution in [0.3, 0.4) is 0 Å². The Bertz CT molecular complexity index is 1040. The predicted octanol–water partition coefficient (Wildman–Crippen LogP) is 2.71. The Hall–Kier alpha value is -2.63. The second-order valence-electron chi connectivity index (χ2n) is 5.97. The number of amides is 2. The number of alkyl halides is 3. The van der Waals surface area contributed by atoms with Crippen LogP contribution in [0.1, 0.15) is 17.3 Å². The van der Waals surface area contributed by atoms with Gasteiger partial charge < -0.3 is 10.4 Å². The second kappa shape index (κ2) is 8.01. The standard InChI is InChI=1S/C17H14ClF3N2O5S/c1-16(26,17(19,20)21)15(25)22-13-8-7-11(9-12(13)18)29(27,28)23-14(24)10-5-3-2-4-6-10/h2-9,26H,1H3,(H,22,25)(H,23,24). The molecule has 0 fully saturated rings. The molecule has 0 aliphatic rings. The average Bonchev–Trinajstić information content (AvgIpc) is 2.62. The number of hydrogen-bond acceptors (Lipinski definition) is 5. The highest BCUT2D eigenvalue weighted by atomic mass is 35.5. The molecule has 1 unspecified atom stereocenters. The van der Waals surface area contributed by atoms with Crippen LogP contribution in [-0.2, 0) is 14.8 Å². The van der Waals surface area contributed by atoms with E-state index >= 15 is 0 Å². The maximum absolute atomic E-state index is 12.7. The van der Waals surface area contributed by atoms with Crippen molar-refractivity contribution in [3.8, 4) is 0 Å². The minimum Gasteiger partial charge on any atom is -0.373 e. The van der Waals surface area contributed by atoms with Gasteiger partial charge in [0.05, 0.1) is 15.6 Å². The molecule has 2 aromatic carbocycles. The monoisotopic (exact) mass is 450 g/mol. The highest BCUT2D eigenvalue weighted by Gasteiger charge is 2.55. The lowest BCUT2D eigenvalue weighted by atomic mass is 10.1. The van der Waals surface area contributed by atoms with E-state index in [1.54, 1.807) is 11.4 Å². The van der Waals surface area contributed by atoms with Gasteiger partial charge in [0.1, 0.15) is 0 Å². The van der Waals surface area contributed by atoms with Crippen molar-refractivity contribution >= 4 is 39.1 Å². The smallest absolute Gasteiger partial charge is 0.373 e. The van der Waals surface area contributed by atoms with Crippen LogP contribution in [0.25, 0.3) is 0 Å². The van der Waals surface area contributed by atoms with Crippen LogP contribution in [-0.4, -0.2) is 37.1 Å². The summed E-state index contributed by atoms with van der Waals surface area (Å²) in [6, 6.07) is 10.2. The van der Waals surface area contributed by atoms with Gasteiger partial charge in [-0.1, -0.05) is 29.8 Å². The molecule has 0 spiro atoms. The first-order chi connectivity index (χ1) is 13.3. The maximum Gasteiger partial charge on any atom is 0.426 e. The van der Waals surface area contributed by atoms with E-state index in [2.05, 4.69) is 0 Å². The topological polar surface area (TPSA) is 113 Å². The molecule has 0 bridgehead atoms. The van der Waals surface area contributed by atoms with Crippen LogP contribution in [0.4, 0.5) is 18.9 Å². The Morgan fingerprint density at radius 2 is 1.66 bits per heavy atom. The number of aliphatic hydroxyl groups is 1. The number of sulfonamides is 1. The number of carbonyl (C=O) groups is 2. The van der Waals surface area contributed by atoms with Gasteiger partial charge in [0, 0.05) is 5.56 Å². The normalized spacial score (nSPS) is 14.0. The van der Waals surface area contributed by atoms with Crippen molar-refractivity contribution in [1.82, 2.24) is 4.72 Å². The van der Waals surface area contributed by atoms with Crippen LogP contribution in [0.15, 0.2) is 53.4 Å². The van der Waals surface area contributed by atoms with Gasteiger partial charge in [-0.2, -0.15) is 13.2 Å². The van der Waals surface area contributed by atoms with Gasteiger partial charge in [0.2, 0.25) is 5.60 Å². The Labute approximate surface area is 168 Å². The first-order valence-electron chi connectivity index (χ1n) is 7.78. The number of benzene rings is 2. The van der Waals surface area contributed by atoms with E-state index in [9.17, 15) is 36.3 Å². The molecular formula is C17H14ClF3N2O5S. The van der Waals surface area contributed by atoms with Crippen molar-refractivity contribution < 1.29 is 36.3 Å². The van der Waals surface area contributed by atoms with E-state index in [0.29, 0.717) is 0 Å². The lowest BCUT2D eigenvalue weighted by Gasteiger charge is -2.25. The molecule has 3 N–H and O–H groups in total. The van der Waals surface area contributed by atoms with Crippen LogP contribution in [0.5, 0.6) is 0 Å². The quantitative estimate of drug-likeness (QED) is 0.648. The first-order valence-corrected chi connectivity index (χ1v) is 9.64. The molecule has 2 amide bonds. The van der Waals surface area contributed by atoms with E-state index in [1.165, 1.54) is 24.3 Å². The molecule has 0 aromatic heterocycles. The number of carbonyl (C=O) groups excluding carboxylic acids is 2. The van der Waals surface area contributed by atoms with Crippen LogP contribution >= 0.6 is 11.6 Å². The molecule has 0 aliphatic heterocycles. The molecule has 0 saturated carbocycles. The third-order valence-electron chi connectivity index (χ3n) is 3.76. The van der Waals surface area contributed by atoms with E-state index in [0.717, 1.165) is 18.2 Å². The minimum atomic E-state index is -5.24. The predicted molar refractivity (Wildman–Crippen MR) is 97.9 cm³/mol. The molecule has 29 heavy (non-hydrogen) atoms. The molecule has 0 heterocycles. The molecule has 156 valence electrons. The molecule has 1 atom stereocenters. The Morgan fingerprint density at radius 3 is 2.17 bits per heavy atom. The summed E-state index contributed by atoms with van der Waals surface area (Å²) in [7, 11) is -4.35. The fraction of sp³-hybridized carbons (Fsp3) is 0.176. The molecular weight excluding hydrogens is 437 g/mol. The summed E-state index contributed by atoms with van der Waals surface area (Å²) < 4.78 is 64.6. The SMILES string of the molecule is CC(O)(C(=O)Nc1ccc(S(=O)(=O)NC(=O)c2ccccc2)cc1Cl)C(F)(F)F. The first kappa shape index (κ1) is 22.7. The van der Waals surface area contributed by atoms with E-state index < -0.39 is 43.5 Å². The highest BCUT2D eigenvalue weighted by molar-refractivity contribution is 7.90. The van der Waals surface area contributed by atoms with Crippen LogP contribution in [0.2, 0.25) is 5.02 Å². The Kier molecular flexibility index (Phi) is 6.26. The summed E-state index contributed by atoms with van der Waals surface area (Å²) in [5.41, 5.74) is -3.97. The summed E-state index contributed by atoms with van der Waals surface area (Å²) in [6.07, 6.45) is -5.24. The average molecular weight is 451 g/mol. The van der Waals surface area contributed by atoms with Gasteiger partial charge in [0.25, 0.3) is 21.8 Å². The Morgan fingerprint density at radius 1 is 1.07 bits per heavy atom. The molecule has 0 radical (unpaired) electrons. The van der Waals surface area contributed by atoms with Gasteiger partial charge in [-0.25, -0.2) is 13.1 Å². The summed E-state index contributed by atoms with van der Waals surface area (Å²) in [4.78, 5) is 23.3. The van der Waals surface area contributed by atoms with Gasteiger partial charge in [-0.3, -0.25) is 9.59 Å². The maximum atomic E-state index is 12.7. The lowest BCUT2D eigenvalue weighted by Crippen LogP contribution is -2.52. The van der Waals surface area contributed by atoms with E-state index in [-0.39, 0.29) is 18.2 Å². The third-order valence-corrected chi connectivity index (χ3v) is 5.40. The van der Waals surface area contributed by atoms with Gasteiger partial charge in [-0.05, 0) is 37.3 Å². The number of anilines is 1. The van der Waals surface area contributed by atoms with Crippen molar-refractivity contribution in [3.63, 3.8) is 0 Å². The van der Waals surface area contributed by atoms with Crippen molar-refractivity contribution in [2.24, 2.45) is 0 Å². The van der Waals surface area contributed by atoms with Crippen molar-refractivity contribution in [2.45, 2.75) is 23.6 Å². The fourth-order valence-corrected chi connectivity index (χ4v) is 3.26.